The van der Waals surface area contributed by atoms with Crippen molar-refractivity contribution in [2.45, 2.75) is 12.5 Å². The molecule has 0 bridgehead atoms. The molecule has 3 aromatic rings. The number of aliphatic hydroxyl groups is 1. The van der Waals surface area contributed by atoms with Gasteiger partial charge in [-0.2, -0.15) is 0 Å². The molecule has 1 atom stereocenters. The minimum Gasteiger partial charge on any atom is -0.388 e. The van der Waals surface area contributed by atoms with Gasteiger partial charge >= 0.3 is 0 Å². The van der Waals surface area contributed by atoms with E-state index < -0.39 is 6.10 Å². The van der Waals surface area contributed by atoms with Crippen LogP contribution in [-0.4, -0.2) is 14.7 Å². The van der Waals surface area contributed by atoms with Crippen molar-refractivity contribution >= 4 is 27.0 Å². The number of nitrogens with zero attached hydrogens (tertiary/aromatic N) is 2. The Balaban J connectivity index is 1.90. The Kier molecular flexibility index (Phi) is 3.78. The lowest BCUT2D eigenvalue weighted by atomic mass is 10.1. The largest absolute Gasteiger partial charge is 0.388 e. The summed E-state index contributed by atoms with van der Waals surface area (Å²) in [6.45, 7) is 0. The molecule has 3 nitrogen and oxygen atoms in total. The molecule has 5 heteroatoms. The van der Waals surface area contributed by atoms with Gasteiger partial charge in [0.2, 0.25) is 0 Å². The van der Waals surface area contributed by atoms with E-state index in [-0.39, 0.29) is 5.82 Å². The monoisotopic (exact) mass is 348 g/mol. The third kappa shape index (κ3) is 2.71. The zero-order valence-corrected chi connectivity index (χ0v) is 13.0. The highest BCUT2D eigenvalue weighted by Crippen LogP contribution is 2.24. The molecule has 2 aromatic carbocycles. The van der Waals surface area contributed by atoms with Crippen LogP contribution in [0.4, 0.5) is 4.39 Å². The van der Waals surface area contributed by atoms with Crippen LogP contribution < -0.4 is 0 Å². The molecule has 1 heterocycles. The Morgan fingerprint density at radius 3 is 2.76 bits per heavy atom. The summed E-state index contributed by atoms with van der Waals surface area (Å²) in [6, 6.07) is 12.4. The topological polar surface area (TPSA) is 38.0 Å². The lowest BCUT2D eigenvalue weighted by molar-refractivity contribution is 0.175. The van der Waals surface area contributed by atoms with Gasteiger partial charge in [0, 0.05) is 13.5 Å². The number of para-hydroxylation sites is 2. The van der Waals surface area contributed by atoms with Crippen molar-refractivity contribution in [3.8, 4) is 0 Å². The van der Waals surface area contributed by atoms with Crippen molar-refractivity contribution in [2.75, 3.05) is 0 Å². The number of hydrogen-bond acceptors (Lipinski definition) is 2. The predicted octanol–water partition coefficient (Wildman–Crippen LogP) is 3.75. The van der Waals surface area contributed by atoms with Gasteiger partial charge in [-0.05, 0) is 45.8 Å². The maximum Gasteiger partial charge on any atom is 0.137 e. The summed E-state index contributed by atoms with van der Waals surface area (Å²) in [5.74, 6) is 0.456. The predicted molar refractivity (Wildman–Crippen MR) is 83.5 cm³/mol. The van der Waals surface area contributed by atoms with Crippen LogP contribution in [0.3, 0.4) is 0 Å². The fraction of sp³-hybridized carbons (Fsp3) is 0.188. The Bertz CT molecular complexity index is 800. The fourth-order valence-electron chi connectivity index (χ4n) is 2.39. The molecule has 1 N–H and O–H groups in total. The van der Waals surface area contributed by atoms with E-state index in [4.69, 9.17) is 0 Å². The van der Waals surface area contributed by atoms with Gasteiger partial charge < -0.3 is 9.67 Å². The third-order valence-corrected chi connectivity index (χ3v) is 4.19. The summed E-state index contributed by atoms with van der Waals surface area (Å²) >= 11 is 3.14. The number of rotatable bonds is 3. The van der Waals surface area contributed by atoms with Gasteiger partial charge in [-0.3, -0.25) is 0 Å². The van der Waals surface area contributed by atoms with Gasteiger partial charge in [-0.1, -0.05) is 18.2 Å². The summed E-state index contributed by atoms with van der Waals surface area (Å²) in [5.41, 5.74) is 2.60. The van der Waals surface area contributed by atoms with Crippen molar-refractivity contribution < 1.29 is 9.50 Å². The first-order chi connectivity index (χ1) is 10.1. The Morgan fingerprint density at radius 2 is 2.05 bits per heavy atom. The molecule has 0 saturated heterocycles. The average Bonchev–Trinajstić information content (AvgIpc) is 2.79. The van der Waals surface area contributed by atoms with Crippen LogP contribution >= 0.6 is 15.9 Å². The van der Waals surface area contributed by atoms with Gasteiger partial charge in [-0.15, -0.1) is 0 Å². The summed E-state index contributed by atoms with van der Waals surface area (Å²) in [5, 5.41) is 10.3. The first-order valence-corrected chi connectivity index (χ1v) is 7.39. The lowest BCUT2D eigenvalue weighted by Crippen LogP contribution is -2.07. The van der Waals surface area contributed by atoms with Crippen molar-refractivity contribution in [1.29, 1.82) is 0 Å². The van der Waals surface area contributed by atoms with Gasteiger partial charge in [0.15, 0.2) is 0 Å². The zero-order chi connectivity index (χ0) is 15.0. The second kappa shape index (κ2) is 5.58. The number of aromatic nitrogens is 2. The van der Waals surface area contributed by atoms with Crippen molar-refractivity contribution in [1.82, 2.24) is 9.55 Å². The van der Waals surface area contributed by atoms with E-state index in [9.17, 15) is 9.50 Å². The lowest BCUT2D eigenvalue weighted by Gasteiger charge is -2.11. The average molecular weight is 349 g/mol. The molecule has 0 aliphatic heterocycles. The number of benzene rings is 2. The molecule has 3 rings (SSSR count). The van der Waals surface area contributed by atoms with E-state index in [0.29, 0.717) is 16.5 Å². The number of halogens is 2. The highest BCUT2D eigenvalue weighted by atomic mass is 79.9. The SMILES string of the molecule is Cn1c(CC(O)c2ccc(F)c(Br)c2)nc2ccccc21. The summed E-state index contributed by atoms with van der Waals surface area (Å²) in [7, 11) is 1.93. The highest BCUT2D eigenvalue weighted by molar-refractivity contribution is 9.10. The smallest absolute Gasteiger partial charge is 0.137 e. The number of aliphatic hydroxyl groups excluding tert-OH is 1. The zero-order valence-electron chi connectivity index (χ0n) is 11.4. The van der Waals surface area contributed by atoms with Crippen LogP contribution in [0.5, 0.6) is 0 Å². The standard InChI is InChI=1S/C16H14BrFN2O/c1-20-14-5-3-2-4-13(14)19-16(20)9-15(21)10-6-7-12(18)11(17)8-10/h2-8,15,21H,9H2,1H3. The van der Waals surface area contributed by atoms with Crippen LogP contribution in [0.1, 0.15) is 17.5 Å². The molecule has 0 spiro atoms. The summed E-state index contributed by atoms with van der Waals surface area (Å²) in [4.78, 5) is 4.53. The van der Waals surface area contributed by atoms with Crippen LogP contribution in [-0.2, 0) is 13.5 Å². The van der Waals surface area contributed by atoms with E-state index in [2.05, 4.69) is 20.9 Å². The Morgan fingerprint density at radius 1 is 1.29 bits per heavy atom. The molecule has 0 radical (unpaired) electrons. The van der Waals surface area contributed by atoms with E-state index in [0.717, 1.165) is 16.9 Å². The molecule has 0 aliphatic carbocycles. The van der Waals surface area contributed by atoms with Gasteiger partial charge in [0.05, 0.1) is 21.6 Å². The summed E-state index contributed by atoms with van der Waals surface area (Å²) in [6.07, 6.45) is -0.346. The number of hydrogen-bond donors (Lipinski definition) is 1. The van der Waals surface area contributed by atoms with E-state index in [1.165, 1.54) is 6.07 Å². The van der Waals surface area contributed by atoms with Gasteiger partial charge in [0.25, 0.3) is 0 Å². The molecule has 21 heavy (non-hydrogen) atoms. The molecule has 1 aromatic heterocycles. The Labute approximate surface area is 130 Å². The molecular weight excluding hydrogens is 335 g/mol. The molecule has 0 aliphatic rings. The molecule has 108 valence electrons. The first-order valence-electron chi connectivity index (χ1n) is 6.59. The maximum absolute atomic E-state index is 13.2. The fourth-order valence-corrected chi connectivity index (χ4v) is 2.78. The van der Waals surface area contributed by atoms with Crippen LogP contribution in [0, 0.1) is 5.82 Å². The molecular formula is C16H14BrFN2O. The molecule has 1 unspecified atom stereocenters. The minimum absolute atomic E-state index is 0.339. The van der Waals surface area contributed by atoms with Gasteiger partial charge in [0.1, 0.15) is 11.6 Å². The van der Waals surface area contributed by atoms with Crippen LogP contribution in [0.15, 0.2) is 46.9 Å². The van der Waals surface area contributed by atoms with Crippen LogP contribution in [0.2, 0.25) is 0 Å². The van der Waals surface area contributed by atoms with Crippen molar-refractivity contribution in [3.05, 3.63) is 64.1 Å². The quantitative estimate of drug-likeness (QED) is 0.782. The Hall–Kier alpha value is -1.72. The second-order valence-electron chi connectivity index (χ2n) is 4.97. The number of imidazole rings is 1. The highest BCUT2D eigenvalue weighted by Gasteiger charge is 2.15. The number of fused-ring (bicyclic) bond motifs is 1. The minimum atomic E-state index is -0.725. The second-order valence-corrected chi connectivity index (χ2v) is 5.82. The first kappa shape index (κ1) is 14.2. The van der Waals surface area contributed by atoms with Crippen LogP contribution in [0.25, 0.3) is 11.0 Å². The molecule has 0 saturated carbocycles. The van der Waals surface area contributed by atoms with Crippen molar-refractivity contribution in [3.63, 3.8) is 0 Å². The van der Waals surface area contributed by atoms with E-state index >= 15 is 0 Å². The molecule has 0 fully saturated rings. The van der Waals surface area contributed by atoms with Gasteiger partial charge in [-0.25, -0.2) is 9.37 Å². The van der Waals surface area contributed by atoms with Crippen molar-refractivity contribution in [2.24, 2.45) is 7.05 Å². The van der Waals surface area contributed by atoms with E-state index in [1.54, 1.807) is 12.1 Å². The summed E-state index contributed by atoms with van der Waals surface area (Å²) < 4.78 is 15.6. The third-order valence-electron chi connectivity index (χ3n) is 3.58. The normalized spacial score (nSPS) is 12.8. The maximum atomic E-state index is 13.2. The number of aryl methyl sites for hydroxylation is 1. The molecule has 0 amide bonds. The van der Waals surface area contributed by atoms with E-state index in [1.807, 2.05) is 35.9 Å².